The normalized spacial score (nSPS) is 18.1. The van der Waals surface area contributed by atoms with Crippen LogP contribution >= 0.6 is 0 Å². The van der Waals surface area contributed by atoms with Crippen molar-refractivity contribution < 1.29 is 9.90 Å². The van der Waals surface area contributed by atoms with Gasteiger partial charge in [0.1, 0.15) is 0 Å². The number of likely N-dealkylation sites (tertiary alicyclic amines) is 1. The van der Waals surface area contributed by atoms with E-state index in [0.29, 0.717) is 48.7 Å². The first kappa shape index (κ1) is 26.8. The second kappa shape index (κ2) is 11.9. The SMILES string of the molecule is CNCc1cccc([N-]C2=C(C(C)=N)CCN(c3ccc(-c4ccccc4CN4CC[C@H](O)C4)cc3)C2=O)c1. The number of carbonyl (C=O) groups is 1. The molecular formula is C32H36N5O2-. The van der Waals surface area contributed by atoms with Gasteiger partial charge in [-0.3, -0.25) is 9.69 Å². The van der Waals surface area contributed by atoms with Crippen LogP contribution in [0.3, 0.4) is 0 Å². The van der Waals surface area contributed by atoms with Crippen LogP contribution in [0.25, 0.3) is 16.4 Å². The first-order chi connectivity index (χ1) is 18.9. The van der Waals surface area contributed by atoms with Crippen molar-refractivity contribution in [1.29, 1.82) is 5.41 Å². The Hall–Kier alpha value is -3.78. The number of amides is 1. The van der Waals surface area contributed by atoms with Gasteiger partial charge < -0.3 is 26.0 Å². The highest BCUT2D eigenvalue weighted by Gasteiger charge is 2.25. The Bertz CT molecular complexity index is 1380. The average Bonchev–Trinajstić information content (AvgIpc) is 3.35. The molecule has 3 aromatic rings. The molecule has 1 atom stereocenters. The molecule has 1 fully saturated rings. The third-order valence-corrected chi connectivity index (χ3v) is 7.45. The van der Waals surface area contributed by atoms with Crippen molar-refractivity contribution in [3.63, 3.8) is 0 Å². The van der Waals surface area contributed by atoms with E-state index < -0.39 is 0 Å². The molecule has 1 amide bonds. The molecule has 3 aromatic carbocycles. The van der Waals surface area contributed by atoms with E-state index in [-0.39, 0.29) is 12.0 Å². The standard InChI is InChI=1S/C32H36N5O2/c1-22(33)29-15-17-37(32(39)31(29)35-26-8-5-6-23(18-26)19-34-2)27-12-10-24(11-13-27)30-9-4-3-7-25(30)20-36-16-14-28(38)21-36/h3-13,18,28,34,38H,14-17,19-21H2,1-2H3,(H-,33,35)/q-1/t28-/m0/s1. The topological polar surface area (TPSA) is 93.8 Å². The van der Waals surface area contributed by atoms with E-state index in [1.54, 1.807) is 11.8 Å². The van der Waals surface area contributed by atoms with Crippen molar-refractivity contribution in [3.05, 3.63) is 101 Å². The van der Waals surface area contributed by atoms with E-state index in [1.807, 2.05) is 49.5 Å². The molecular weight excluding hydrogens is 486 g/mol. The van der Waals surface area contributed by atoms with Gasteiger partial charge in [-0.15, -0.1) is 5.69 Å². The zero-order valence-electron chi connectivity index (χ0n) is 22.7. The van der Waals surface area contributed by atoms with Gasteiger partial charge in [0.05, 0.1) is 6.10 Å². The molecule has 0 unspecified atom stereocenters. The van der Waals surface area contributed by atoms with Crippen LogP contribution in [0.5, 0.6) is 0 Å². The number of anilines is 1. The lowest BCUT2D eigenvalue weighted by Crippen LogP contribution is -2.38. The van der Waals surface area contributed by atoms with Gasteiger partial charge in [-0.25, -0.2) is 0 Å². The van der Waals surface area contributed by atoms with Crippen LogP contribution in [0, 0.1) is 5.41 Å². The Labute approximate surface area is 230 Å². The number of β-amino-alcohol motifs (C(OH)–C–C–N with tert-alkyl or cyclic N) is 1. The van der Waals surface area contributed by atoms with Gasteiger partial charge in [-0.1, -0.05) is 66.4 Å². The molecule has 0 radical (unpaired) electrons. The number of benzene rings is 3. The molecule has 3 N–H and O–H groups in total. The fraction of sp³-hybridized carbons (Fsp3) is 0.312. The van der Waals surface area contributed by atoms with Crippen molar-refractivity contribution in [2.24, 2.45) is 0 Å². The van der Waals surface area contributed by atoms with E-state index in [4.69, 9.17) is 10.7 Å². The van der Waals surface area contributed by atoms with Crippen LogP contribution in [-0.2, 0) is 17.9 Å². The van der Waals surface area contributed by atoms with Gasteiger partial charge in [-0.05, 0) is 66.8 Å². The van der Waals surface area contributed by atoms with Crippen molar-refractivity contribution >= 4 is 23.0 Å². The molecule has 7 nitrogen and oxygen atoms in total. The monoisotopic (exact) mass is 522 g/mol. The van der Waals surface area contributed by atoms with Crippen LogP contribution < -0.4 is 10.2 Å². The number of hydrogen-bond donors (Lipinski definition) is 3. The van der Waals surface area contributed by atoms with Gasteiger partial charge in [0.15, 0.2) is 0 Å². The van der Waals surface area contributed by atoms with Gasteiger partial charge in [0.25, 0.3) is 0 Å². The van der Waals surface area contributed by atoms with Crippen molar-refractivity contribution in [1.82, 2.24) is 10.2 Å². The lowest BCUT2D eigenvalue weighted by Gasteiger charge is -2.38. The lowest BCUT2D eigenvalue weighted by molar-refractivity contribution is -0.115. The summed E-state index contributed by atoms with van der Waals surface area (Å²) in [6.45, 7) is 5.37. The minimum atomic E-state index is -0.238. The predicted octanol–water partition coefficient (Wildman–Crippen LogP) is 5.38. The number of hydrogen-bond acceptors (Lipinski definition) is 5. The summed E-state index contributed by atoms with van der Waals surface area (Å²) in [6, 6.07) is 24.3. The Morgan fingerprint density at radius 1 is 1.08 bits per heavy atom. The maximum absolute atomic E-state index is 13.7. The van der Waals surface area contributed by atoms with Crippen molar-refractivity contribution in [2.75, 3.05) is 31.6 Å². The quantitative estimate of drug-likeness (QED) is 0.329. The van der Waals surface area contributed by atoms with Gasteiger partial charge in [0, 0.05) is 44.1 Å². The second-order valence-electron chi connectivity index (χ2n) is 10.4. The molecule has 0 spiro atoms. The fourth-order valence-electron chi connectivity index (χ4n) is 5.45. The number of aliphatic hydroxyl groups is 1. The number of nitrogens with zero attached hydrogens (tertiary/aromatic N) is 3. The molecule has 202 valence electrons. The first-order valence-corrected chi connectivity index (χ1v) is 13.6. The summed E-state index contributed by atoms with van der Waals surface area (Å²) in [4.78, 5) is 17.8. The van der Waals surface area contributed by atoms with Gasteiger partial charge in [0.2, 0.25) is 5.91 Å². The second-order valence-corrected chi connectivity index (χ2v) is 10.4. The molecule has 2 heterocycles. The Balaban J connectivity index is 1.37. The molecule has 0 aromatic heterocycles. The lowest BCUT2D eigenvalue weighted by atomic mass is 9.97. The smallest absolute Gasteiger partial charge is 0.236 e. The van der Waals surface area contributed by atoms with Crippen LogP contribution in [0.4, 0.5) is 11.4 Å². The van der Waals surface area contributed by atoms with Crippen LogP contribution in [0.2, 0.25) is 0 Å². The predicted molar refractivity (Wildman–Crippen MR) is 157 cm³/mol. The summed E-state index contributed by atoms with van der Waals surface area (Å²) in [5, 5.41) is 26.1. The third-order valence-electron chi connectivity index (χ3n) is 7.45. The minimum absolute atomic E-state index is 0.178. The van der Waals surface area contributed by atoms with Crippen LogP contribution in [-0.4, -0.2) is 54.4 Å². The highest BCUT2D eigenvalue weighted by Crippen LogP contribution is 2.35. The Morgan fingerprint density at radius 3 is 2.59 bits per heavy atom. The largest absolute Gasteiger partial charge is 0.653 e. The average molecular weight is 523 g/mol. The summed E-state index contributed by atoms with van der Waals surface area (Å²) >= 11 is 0. The molecule has 0 bridgehead atoms. The molecule has 0 saturated carbocycles. The van der Waals surface area contributed by atoms with Gasteiger partial charge in [-0.2, -0.15) is 0 Å². The van der Waals surface area contributed by atoms with E-state index in [0.717, 1.165) is 41.9 Å². The number of aliphatic hydroxyl groups excluding tert-OH is 1. The maximum Gasteiger partial charge on any atom is 0.236 e. The van der Waals surface area contributed by atoms with Crippen LogP contribution in [0.1, 0.15) is 30.9 Å². The highest BCUT2D eigenvalue weighted by atomic mass is 16.3. The summed E-state index contributed by atoms with van der Waals surface area (Å²) in [6.07, 6.45) is 1.17. The molecule has 7 heteroatoms. The number of rotatable bonds is 9. The van der Waals surface area contributed by atoms with Crippen LogP contribution in [0.15, 0.2) is 84.1 Å². The Morgan fingerprint density at radius 2 is 1.87 bits per heavy atom. The maximum atomic E-state index is 13.7. The number of carbonyl (C=O) groups excluding carboxylic acids is 1. The summed E-state index contributed by atoms with van der Waals surface area (Å²) in [7, 11) is 1.90. The minimum Gasteiger partial charge on any atom is -0.653 e. The Kier molecular flexibility index (Phi) is 8.21. The molecule has 2 aliphatic rings. The van der Waals surface area contributed by atoms with Crippen molar-refractivity contribution in [3.8, 4) is 11.1 Å². The molecule has 5 rings (SSSR count). The van der Waals surface area contributed by atoms with E-state index in [9.17, 15) is 9.90 Å². The summed E-state index contributed by atoms with van der Waals surface area (Å²) in [5.41, 5.74) is 7.53. The first-order valence-electron chi connectivity index (χ1n) is 13.6. The number of nitrogens with one attached hydrogen (secondary N) is 2. The van der Waals surface area contributed by atoms with E-state index >= 15 is 0 Å². The molecule has 39 heavy (non-hydrogen) atoms. The molecule has 2 aliphatic heterocycles. The zero-order chi connectivity index (χ0) is 27.4. The summed E-state index contributed by atoms with van der Waals surface area (Å²) in [5.74, 6) is -0.178. The zero-order valence-corrected chi connectivity index (χ0v) is 22.7. The van der Waals surface area contributed by atoms with E-state index in [2.05, 4.69) is 40.5 Å². The van der Waals surface area contributed by atoms with Gasteiger partial charge >= 0.3 is 0 Å². The van der Waals surface area contributed by atoms with E-state index in [1.165, 1.54) is 5.56 Å². The highest BCUT2D eigenvalue weighted by molar-refractivity contribution is 6.15. The fourth-order valence-corrected chi connectivity index (χ4v) is 5.45. The third kappa shape index (κ3) is 6.11. The van der Waals surface area contributed by atoms with Crippen molar-refractivity contribution in [2.45, 2.75) is 39.0 Å². The molecule has 0 aliphatic carbocycles. The molecule has 1 saturated heterocycles. The summed E-state index contributed by atoms with van der Waals surface area (Å²) < 4.78 is 0.